The first-order chi connectivity index (χ1) is 14.1. The topological polar surface area (TPSA) is 64.7 Å². The largest absolute Gasteiger partial charge is 0.449 e. The van der Waals surface area contributed by atoms with E-state index in [9.17, 15) is 23.3 Å². The number of nitro benzene ring substituents is 1. The summed E-state index contributed by atoms with van der Waals surface area (Å²) in [6.45, 7) is 1.92. The molecule has 3 aromatic rings. The summed E-state index contributed by atoms with van der Waals surface area (Å²) in [5.74, 6) is -0.288. The minimum atomic E-state index is -4.71. The van der Waals surface area contributed by atoms with Crippen LogP contribution in [0.5, 0.6) is 11.5 Å². The summed E-state index contributed by atoms with van der Waals surface area (Å²) in [6, 6.07) is 14.2. The zero-order chi connectivity index (χ0) is 21.9. The summed E-state index contributed by atoms with van der Waals surface area (Å²) >= 11 is 6.19. The zero-order valence-corrected chi connectivity index (χ0v) is 16.2. The maximum Gasteiger partial charge on any atom is 0.416 e. The maximum atomic E-state index is 12.8. The lowest BCUT2D eigenvalue weighted by Crippen LogP contribution is -2.06. The Labute approximate surface area is 174 Å². The van der Waals surface area contributed by atoms with E-state index in [2.05, 4.69) is 4.99 Å². The molecule has 0 amide bonds. The lowest BCUT2D eigenvalue weighted by molar-refractivity contribution is -0.385. The van der Waals surface area contributed by atoms with E-state index in [0.29, 0.717) is 17.7 Å². The molecule has 0 bridgehead atoms. The number of ether oxygens (including phenoxy) is 1. The number of hydrogen-bond donors (Lipinski definition) is 0. The van der Waals surface area contributed by atoms with Gasteiger partial charge in [-0.3, -0.25) is 15.1 Å². The van der Waals surface area contributed by atoms with Gasteiger partial charge >= 0.3 is 11.9 Å². The van der Waals surface area contributed by atoms with E-state index in [-0.39, 0.29) is 16.5 Å². The normalized spacial score (nSPS) is 11.6. The second-order valence-corrected chi connectivity index (χ2v) is 6.68. The highest BCUT2D eigenvalue weighted by Crippen LogP contribution is 2.39. The van der Waals surface area contributed by atoms with Crippen LogP contribution >= 0.6 is 11.6 Å². The Morgan fingerprint density at radius 3 is 2.40 bits per heavy atom. The van der Waals surface area contributed by atoms with Gasteiger partial charge in [0.2, 0.25) is 5.75 Å². The third-order valence-corrected chi connectivity index (χ3v) is 4.42. The highest BCUT2D eigenvalue weighted by Gasteiger charge is 2.33. The fraction of sp³-hybridized carbons (Fsp3) is 0.0952. The summed E-state index contributed by atoms with van der Waals surface area (Å²) in [6.07, 6.45) is -3.11. The van der Waals surface area contributed by atoms with E-state index < -0.39 is 22.4 Å². The Morgan fingerprint density at radius 2 is 1.77 bits per heavy atom. The van der Waals surface area contributed by atoms with Crippen molar-refractivity contribution in [2.45, 2.75) is 13.1 Å². The number of benzene rings is 3. The molecule has 0 heterocycles. The van der Waals surface area contributed by atoms with E-state index in [4.69, 9.17) is 16.3 Å². The average Bonchev–Trinajstić information content (AvgIpc) is 2.68. The van der Waals surface area contributed by atoms with Gasteiger partial charge in [-0.1, -0.05) is 29.8 Å². The fourth-order valence-electron chi connectivity index (χ4n) is 2.57. The van der Waals surface area contributed by atoms with Crippen LogP contribution in [-0.4, -0.2) is 11.1 Å². The minimum Gasteiger partial charge on any atom is -0.449 e. The predicted octanol–water partition coefficient (Wildman–Crippen LogP) is 7.12. The van der Waals surface area contributed by atoms with Crippen LogP contribution in [0.15, 0.2) is 65.7 Å². The number of nitro groups is 1. The Morgan fingerprint density at radius 1 is 1.07 bits per heavy atom. The first-order valence-electron chi connectivity index (χ1n) is 8.58. The summed E-state index contributed by atoms with van der Waals surface area (Å²) in [5, 5.41) is 11.3. The molecule has 0 radical (unpaired) electrons. The lowest BCUT2D eigenvalue weighted by Gasteiger charge is -2.11. The molecule has 0 N–H and O–H groups in total. The lowest BCUT2D eigenvalue weighted by atomic mass is 10.1. The molecule has 0 aromatic heterocycles. The quantitative estimate of drug-likeness (QED) is 0.244. The summed E-state index contributed by atoms with van der Waals surface area (Å²) in [7, 11) is 0. The van der Waals surface area contributed by atoms with Crippen LogP contribution in [0.2, 0.25) is 5.02 Å². The molecule has 0 saturated heterocycles. The Kier molecular flexibility index (Phi) is 6.07. The molecule has 0 atom stereocenters. The predicted molar refractivity (Wildman–Crippen MR) is 108 cm³/mol. The van der Waals surface area contributed by atoms with Crippen molar-refractivity contribution in [2.75, 3.05) is 0 Å². The molecule has 30 heavy (non-hydrogen) atoms. The van der Waals surface area contributed by atoms with Crippen molar-refractivity contribution in [2.24, 2.45) is 4.99 Å². The number of rotatable bonds is 5. The van der Waals surface area contributed by atoms with Crippen LogP contribution < -0.4 is 4.74 Å². The minimum absolute atomic E-state index is 0.0626. The first kappa shape index (κ1) is 21.3. The van der Waals surface area contributed by atoms with Crippen LogP contribution in [0.1, 0.15) is 16.7 Å². The highest BCUT2D eigenvalue weighted by molar-refractivity contribution is 6.32. The van der Waals surface area contributed by atoms with E-state index in [1.807, 2.05) is 31.2 Å². The zero-order valence-electron chi connectivity index (χ0n) is 15.5. The number of nitrogens with zero attached hydrogens (tertiary/aromatic N) is 2. The van der Waals surface area contributed by atoms with Gasteiger partial charge in [0.25, 0.3) is 0 Å². The number of halogens is 4. The molecule has 3 rings (SSSR count). The number of alkyl halides is 3. The second-order valence-electron chi connectivity index (χ2n) is 6.27. The molecule has 0 fully saturated rings. The van der Waals surface area contributed by atoms with Crippen LogP contribution in [0.4, 0.5) is 24.5 Å². The van der Waals surface area contributed by atoms with Gasteiger partial charge < -0.3 is 4.74 Å². The van der Waals surface area contributed by atoms with E-state index in [1.165, 1.54) is 12.1 Å². The van der Waals surface area contributed by atoms with Crippen molar-refractivity contribution in [3.05, 3.63) is 92.5 Å². The van der Waals surface area contributed by atoms with Gasteiger partial charge in [0.1, 0.15) is 5.75 Å². The van der Waals surface area contributed by atoms with Crippen LogP contribution in [0.25, 0.3) is 0 Å². The molecule has 9 heteroatoms. The van der Waals surface area contributed by atoms with Crippen molar-refractivity contribution >= 4 is 29.2 Å². The SMILES string of the molecule is Cc1ccccc1N=Cc1ccc(Oc2ccc(C(F)(F)F)cc2[N+](=O)[O-])c(Cl)c1. The standard InChI is InChI=1S/C21H14ClF3N2O3/c1-13-4-2-3-5-17(13)26-12-14-6-8-19(16(22)10-14)30-20-9-7-15(21(23,24)25)11-18(20)27(28)29/h2-12H,1H3. The van der Waals surface area contributed by atoms with Crippen molar-refractivity contribution in [1.29, 1.82) is 0 Å². The average molecular weight is 435 g/mol. The molecular formula is C21H14ClF3N2O3. The van der Waals surface area contributed by atoms with E-state index in [1.54, 1.807) is 12.3 Å². The first-order valence-corrected chi connectivity index (χ1v) is 8.95. The Hall–Kier alpha value is -3.39. The van der Waals surface area contributed by atoms with Crippen LogP contribution in [0, 0.1) is 17.0 Å². The molecule has 0 spiro atoms. The van der Waals surface area contributed by atoms with Crippen molar-refractivity contribution < 1.29 is 22.8 Å². The molecule has 5 nitrogen and oxygen atoms in total. The van der Waals surface area contributed by atoms with Gasteiger partial charge in [0.15, 0.2) is 0 Å². The van der Waals surface area contributed by atoms with Gasteiger partial charge in [-0.15, -0.1) is 0 Å². The Bertz CT molecular complexity index is 1130. The number of aryl methyl sites for hydroxylation is 1. The third-order valence-electron chi connectivity index (χ3n) is 4.13. The van der Waals surface area contributed by atoms with Crippen LogP contribution in [-0.2, 0) is 6.18 Å². The van der Waals surface area contributed by atoms with Gasteiger partial charge in [-0.25, -0.2) is 0 Å². The maximum absolute atomic E-state index is 12.8. The van der Waals surface area contributed by atoms with E-state index in [0.717, 1.165) is 17.3 Å². The summed E-state index contributed by atoms with van der Waals surface area (Å²) in [5.41, 5.74) is 0.475. The third kappa shape index (κ3) is 4.96. The van der Waals surface area contributed by atoms with Gasteiger partial charge in [0.05, 0.1) is 21.2 Å². The number of para-hydroxylation sites is 1. The van der Waals surface area contributed by atoms with Crippen molar-refractivity contribution in [3.63, 3.8) is 0 Å². The van der Waals surface area contributed by atoms with Gasteiger partial charge in [-0.2, -0.15) is 13.2 Å². The van der Waals surface area contributed by atoms with Crippen molar-refractivity contribution in [3.8, 4) is 11.5 Å². The molecule has 0 unspecified atom stereocenters. The van der Waals surface area contributed by atoms with Crippen molar-refractivity contribution in [1.82, 2.24) is 0 Å². The number of hydrogen-bond acceptors (Lipinski definition) is 4. The molecule has 154 valence electrons. The summed E-state index contributed by atoms with van der Waals surface area (Å²) in [4.78, 5) is 14.6. The molecule has 0 aliphatic rings. The summed E-state index contributed by atoms with van der Waals surface area (Å²) < 4.78 is 43.9. The van der Waals surface area contributed by atoms with Gasteiger partial charge in [0, 0.05) is 12.3 Å². The van der Waals surface area contributed by atoms with E-state index >= 15 is 0 Å². The molecule has 0 aliphatic heterocycles. The molecule has 0 aliphatic carbocycles. The fourth-order valence-corrected chi connectivity index (χ4v) is 2.80. The van der Waals surface area contributed by atoms with Crippen LogP contribution in [0.3, 0.4) is 0 Å². The second kappa shape index (κ2) is 8.54. The molecule has 3 aromatic carbocycles. The monoisotopic (exact) mass is 434 g/mol. The van der Waals surface area contributed by atoms with Gasteiger partial charge in [-0.05, 0) is 54.4 Å². The smallest absolute Gasteiger partial charge is 0.416 e. The number of aliphatic imine (C=N–C) groups is 1. The molecule has 0 saturated carbocycles. The Balaban J connectivity index is 1.86. The molecular weight excluding hydrogens is 421 g/mol. The highest BCUT2D eigenvalue weighted by atomic mass is 35.5.